The highest BCUT2D eigenvalue weighted by atomic mass is 16.1. The van der Waals surface area contributed by atoms with E-state index < -0.39 is 11.9 Å². The quantitative estimate of drug-likeness (QED) is 0.626. The third-order valence-corrected chi connectivity index (χ3v) is 5.60. The van der Waals surface area contributed by atoms with Crippen LogP contribution in [0.1, 0.15) is 63.4 Å². The Morgan fingerprint density at radius 3 is 2.66 bits per heavy atom. The first-order valence-electron chi connectivity index (χ1n) is 10.9. The molecule has 1 aliphatic rings. The van der Waals surface area contributed by atoms with Crippen LogP contribution in [-0.2, 0) is 17.9 Å². The van der Waals surface area contributed by atoms with Crippen molar-refractivity contribution in [2.45, 2.75) is 59.2 Å². The molecule has 4 rings (SSSR count). The van der Waals surface area contributed by atoms with Gasteiger partial charge in [0.05, 0.1) is 6.54 Å². The zero-order valence-electron chi connectivity index (χ0n) is 18.8. The van der Waals surface area contributed by atoms with E-state index in [-0.39, 0.29) is 11.2 Å². The number of nitrogens with zero attached hydrogens (tertiary/aromatic N) is 8. The van der Waals surface area contributed by atoms with Crippen molar-refractivity contribution in [1.29, 1.82) is 5.26 Å². The first-order valence-corrected chi connectivity index (χ1v) is 10.9. The molecule has 10 nitrogen and oxygen atoms in total. The number of fused-ring (bicyclic) bond motifs is 1. The number of primary amides is 1. The summed E-state index contributed by atoms with van der Waals surface area (Å²) in [4.78, 5) is 27.2. The molecule has 1 fully saturated rings. The van der Waals surface area contributed by atoms with Crippen LogP contribution in [0.2, 0.25) is 0 Å². The van der Waals surface area contributed by atoms with Crippen molar-refractivity contribution in [3.63, 3.8) is 0 Å². The fourth-order valence-corrected chi connectivity index (χ4v) is 4.25. The summed E-state index contributed by atoms with van der Waals surface area (Å²) in [6.07, 6.45) is 6.57. The SMILES string of the molecule is CC(C)(C)Cn1c(Cn2cnc(C(C(N)=O)N3CCCCC3)n2)cc2cnc(C#N)nc21. The first kappa shape index (κ1) is 21.9. The smallest absolute Gasteiger partial charge is 0.242 e. The molecule has 1 aliphatic heterocycles. The average molecular weight is 436 g/mol. The van der Waals surface area contributed by atoms with Gasteiger partial charge in [0.2, 0.25) is 11.7 Å². The van der Waals surface area contributed by atoms with E-state index in [0.29, 0.717) is 18.9 Å². The fourth-order valence-electron chi connectivity index (χ4n) is 4.25. The third kappa shape index (κ3) is 4.62. The predicted molar refractivity (Wildman–Crippen MR) is 118 cm³/mol. The van der Waals surface area contributed by atoms with Crippen LogP contribution in [0.15, 0.2) is 18.6 Å². The molecule has 1 saturated heterocycles. The number of carbonyl (C=O) groups excluding carboxylic acids is 1. The second-order valence-electron chi connectivity index (χ2n) is 9.57. The summed E-state index contributed by atoms with van der Waals surface area (Å²) in [5, 5.41) is 14.7. The summed E-state index contributed by atoms with van der Waals surface area (Å²) in [6.45, 7) is 9.26. The molecule has 0 spiro atoms. The van der Waals surface area contributed by atoms with E-state index in [2.05, 4.69) is 50.3 Å². The van der Waals surface area contributed by atoms with Gasteiger partial charge in [-0.15, -0.1) is 0 Å². The lowest BCUT2D eigenvalue weighted by atomic mass is 9.97. The summed E-state index contributed by atoms with van der Waals surface area (Å²) in [7, 11) is 0. The topological polar surface area (TPSA) is 132 Å². The van der Waals surface area contributed by atoms with Crippen LogP contribution in [0.3, 0.4) is 0 Å². The molecule has 0 aliphatic carbocycles. The second kappa shape index (κ2) is 8.67. The molecule has 4 heterocycles. The molecule has 3 aromatic rings. The predicted octanol–water partition coefficient (Wildman–Crippen LogP) is 2.00. The Kier molecular flexibility index (Phi) is 5.93. The summed E-state index contributed by atoms with van der Waals surface area (Å²) in [5.41, 5.74) is 7.42. The van der Waals surface area contributed by atoms with Crippen molar-refractivity contribution >= 4 is 16.9 Å². The lowest BCUT2D eigenvalue weighted by Crippen LogP contribution is -2.41. The molecule has 0 saturated carbocycles. The second-order valence-corrected chi connectivity index (χ2v) is 9.57. The lowest BCUT2D eigenvalue weighted by Gasteiger charge is -2.30. The molecule has 1 amide bonds. The van der Waals surface area contributed by atoms with Gasteiger partial charge in [0, 0.05) is 23.8 Å². The Bertz CT molecular complexity index is 1160. The number of hydrogen-bond donors (Lipinski definition) is 1. The molecule has 1 atom stereocenters. The summed E-state index contributed by atoms with van der Waals surface area (Å²) in [5.74, 6) is 0.154. The monoisotopic (exact) mass is 435 g/mol. The van der Waals surface area contributed by atoms with Crippen molar-refractivity contribution < 1.29 is 4.79 Å². The standard InChI is InChI=1S/C22H29N9O/c1-22(2,3)13-31-16(9-15-11-25-17(10-23)27-21(15)31)12-30-14-26-20(28-30)18(19(24)32)29-7-5-4-6-8-29/h9,11,14,18H,4-8,12-13H2,1-3H3,(H2,24,32). The van der Waals surface area contributed by atoms with Crippen molar-refractivity contribution in [3.8, 4) is 6.07 Å². The van der Waals surface area contributed by atoms with E-state index in [1.165, 1.54) is 6.42 Å². The minimum absolute atomic E-state index is 0.00267. The van der Waals surface area contributed by atoms with Crippen molar-refractivity contribution in [2.75, 3.05) is 13.1 Å². The van der Waals surface area contributed by atoms with Crippen LogP contribution >= 0.6 is 0 Å². The largest absolute Gasteiger partial charge is 0.368 e. The molecule has 32 heavy (non-hydrogen) atoms. The maximum absolute atomic E-state index is 12.2. The first-order chi connectivity index (χ1) is 15.2. The van der Waals surface area contributed by atoms with E-state index in [9.17, 15) is 10.1 Å². The zero-order chi connectivity index (χ0) is 22.9. The van der Waals surface area contributed by atoms with Gasteiger partial charge in [-0.2, -0.15) is 10.4 Å². The Balaban J connectivity index is 1.66. The van der Waals surface area contributed by atoms with Gasteiger partial charge in [-0.25, -0.2) is 19.6 Å². The average Bonchev–Trinajstić information content (AvgIpc) is 3.32. The van der Waals surface area contributed by atoms with Crippen LogP contribution < -0.4 is 5.73 Å². The third-order valence-electron chi connectivity index (χ3n) is 5.60. The van der Waals surface area contributed by atoms with Crippen molar-refractivity contribution in [1.82, 2.24) is 34.2 Å². The van der Waals surface area contributed by atoms with Crippen molar-refractivity contribution in [2.24, 2.45) is 11.1 Å². The number of rotatable bonds is 6. The van der Waals surface area contributed by atoms with Crippen LogP contribution in [0.4, 0.5) is 0 Å². The molecule has 10 heteroatoms. The number of carbonyl (C=O) groups is 1. The maximum Gasteiger partial charge on any atom is 0.242 e. The summed E-state index contributed by atoms with van der Waals surface area (Å²) in [6, 6.07) is 3.42. The van der Waals surface area contributed by atoms with E-state index in [1.54, 1.807) is 17.2 Å². The Morgan fingerprint density at radius 1 is 1.25 bits per heavy atom. The van der Waals surface area contributed by atoms with Gasteiger partial charge in [-0.3, -0.25) is 9.69 Å². The Labute approximate surface area is 187 Å². The molecule has 2 N–H and O–H groups in total. The van der Waals surface area contributed by atoms with Gasteiger partial charge < -0.3 is 10.3 Å². The van der Waals surface area contributed by atoms with E-state index in [1.807, 2.05) is 12.1 Å². The summed E-state index contributed by atoms with van der Waals surface area (Å²) < 4.78 is 3.83. The number of piperidine rings is 1. The van der Waals surface area contributed by atoms with Gasteiger partial charge in [0.1, 0.15) is 18.0 Å². The highest BCUT2D eigenvalue weighted by molar-refractivity contribution is 5.80. The summed E-state index contributed by atoms with van der Waals surface area (Å²) >= 11 is 0. The number of likely N-dealkylation sites (tertiary alicyclic amines) is 1. The van der Waals surface area contributed by atoms with Crippen LogP contribution in [0.5, 0.6) is 0 Å². The molecule has 0 radical (unpaired) electrons. The highest BCUT2D eigenvalue weighted by Gasteiger charge is 2.30. The van der Waals surface area contributed by atoms with Gasteiger partial charge in [-0.05, 0) is 37.4 Å². The number of hydrogen-bond acceptors (Lipinski definition) is 7. The molecule has 168 valence electrons. The molecule has 0 aromatic carbocycles. The normalized spacial score (nSPS) is 16.2. The number of amides is 1. The van der Waals surface area contributed by atoms with Crippen LogP contribution in [0.25, 0.3) is 11.0 Å². The van der Waals surface area contributed by atoms with E-state index >= 15 is 0 Å². The molecular formula is C22H29N9O. The molecule has 3 aromatic heterocycles. The molecule has 1 unspecified atom stereocenters. The number of nitrogens with two attached hydrogens (primary N) is 1. The highest BCUT2D eigenvalue weighted by Crippen LogP contribution is 2.26. The van der Waals surface area contributed by atoms with Gasteiger partial charge in [-0.1, -0.05) is 27.2 Å². The minimum atomic E-state index is -0.610. The van der Waals surface area contributed by atoms with Crippen LogP contribution in [-0.4, -0.2) is 53.2 Å². The zero-order valence-corrected chi connectivity index (χ0v) is 18.8. The molecule has 0 bridgehead atoms. The fraction of sp³-hybridized carbons (Fsp3) is 0.545. The van der Waals surface area contributed by atoms with Crippen LogP contribution in [0, 0.1) is 16.7 Å². The number of aromatic nitrogens is 6. The van der Waals surface area contributed by atoms with Gasteiger partial charge in [0.25, 0.3) is 0 Å². The minimum Gasteiger partial charge on any atom is -0.368 e. The van der Waals surface area contributed by atoms with Crippen molar-refractivity contribution in [3.05, 3.63) is 35.9 Å². The molecular weight excluding hydrogens is 406 g/mol. The maximum atomic E-state index is 12.2. The number of nitriles is 1. The van der Waals surface area contributed by atoms with E-state index in [4.69, 9.17) is 5.73 Å². The Morgan fingerprint density at radius 2 is 2.00 bits per heavy atom. The van der Waals surface area contributed by atoms with Gasteiger partial charge >= 0.3 is 0 Å². The van der Waals surface area contributed by atoms with Gasteiger partial charge in [0.15, 0.2) is 11.9 Å². The van der Waals surface area contributed by atoms with E-state index in [0.717, 1.165) is 42.7 Å². The Hall–Kier alpha value is -3.32. The lowest BCUT2D eigenvalue weighted by molar-refractivity contribution is -0.124.